The van der Waals surface area contributed by atoms with Gasteiger partial charge in [0.25, 0.3) is 0 Å². The number of benzene rings is 1. The number of furan rings is 1. The zero-order chi connectivity index (χ0) is 14.0. The molecule has 0 saturated carbocycles. The molecule has 1 aromatic heterocycles. The van der Waals surface area contributed by atoms with Gasteiger partial charge in [0.15, 0.2) is 0 Å². The largest absolute Gasteiger partial charge is 0.468 e. The van der Waals surface area contributed by atoms with E-state index in [1.54, 1.807) is 13.0 Å². The number of hydrogen-bond acceptors (Lipinski definition) is 3. The van der Waals surface area contributed by atoms with Crippen molar-refractivity contribution in [2.75, 3.05) is 0 Å². The van der Waals surface area contributed by atoms with Crippen LogP contribution in [0.2, 0.25) is 0 Å². The van der Waals surface area contributed by atoms with Crippen LogP contribution in [0.4, 0.5) is 13.2 Å². The molecule has 0 atom stereocenters. The molecule has 0 radical (unpaired) electrons. The first-order valence-electron chi connectivity index (χ1n) is 5.44. The summed E-state index contributed by atoms with van der Waals surface area (Å²) in [6.07, 6.45) is -3.02. The summed E-state index contributed by atoms with van der Waals surface area (Å²) in [5.41, 5.74) is -0.509. The minimum Gasteiger partial charge on any atom is -0.468 e. The zero-order valence-corrected chi connectivity index (χ0v) is 10.8. The van der Waals surface area contributed by atoms with Gasteiger partial charge in [0.1, 0.15) is 5.76 Å². The van der Waals surface area contributed by atoms with E-state index in [1.165, 1.54) is 18.4 Å². The van der Waals surface area contributed by atoms with Gasteiger partial charge in [-0.15, -0.1) is 0 Å². The Morgan fingerprint density at radius 2 is 1.95 bits per heavy atom. The number of aliphatic hydroxyl groups is 1. The molecule has 0 spiro atoms. The van der Waals surface area contributed by atoms with E-state index in [0.29, 0.717) is 10.7 Å². The van der Waals surface area contributed by atoms with Crippen LogP contribution in [0, 0.1) is 6.92 Å². The van der Waals surface area contributed by atoms with Crippen molar-refractivity contribution in [1.82, 2.24) is 0 Å². The second-order valence-corrected chi connectivity index (χ2v) is 5.01. The zero-order valence-electron chi connectivity index (χ0n) is 9.99. The van der Waals surface area contributed by atoms with Crippen LogP contribution in [-0.4, -0.2) is 5.11 Å². The quantitative estimate of drug-likeness (QED) is 0.916. The standard InChI is InChI=1S/C13H11F3O2S/c1-8-11(4-5-18-8)19-12-3-2-9(7-17)6-10(12)13(14,15)16/h2-6,17H,7H2,1H3. The van der Waals surface area contributed by atoms with Crippen LogP contribution in [0.25, 0.3) is 0 Å². The van der Waals surface area contributed by atoms with Gasteiger partial charge in [-0.1, -0.05) is 17.8 Å². The molecule has 0 aliphatic rings. The second kappa shape index (κ2) is 5.30. The smallest absolute Gasteiger partial charge is 0.417 e. The maximum absolute atomic E-state index is 13.0. The lowest BCUT2D eigenvalue weighted by Crippen LogP contribution is -2.07. The van der Waals surface area contributed by atoms with E-state index in [2.05, 4.69) is 0 Å². The highest BCUT2D eigenvalue weighted by atomic mass is 32.2. The van der Waals surface area contributed by atoms with Crippen molar-refractivity contribution in [2.45, 2.75) is 29.5 Å². The Labute approximate surface area is 112 Å². The van der Waals surface area contributed by atoms with Gasteiger partial charge >= 0.3 is 6.18 Å². The molecule has 0 amide bonds. The molecular weight excluding hydrogens is 277 g/mol. The van der Waals surface area contributed by atoms with E-state index in [1.807, 2.05) is 0 Å². The fourth-order valence-corrected chi connectivity index (χ4v) is 2.56. The Morgan fingerprint density at radius 3 is 2.47 bits per heavy atom. The molecule has 1 N–H and O–H groups in total. The van der Waals surface area contributed by atoms with Gasteiger partial charge in [0.05, 0.1) is 23.3 Å². The van der Waals surface area contributed by atoms with Crippen LogP contribution in [0.3, 0.4) is 0 Å². The first-order valence-corrected chi connectivity index (χ1v) is 6.26. The van der Waals surface area contributed by atoms with E-state index >= 15 is 0 Å². The fraction of sp³-hybridized carbons (Fsp3) is 0.231. The molecular formula is C13H11F3O2S. The van der Waals surface area contributed by atoms with Crippen molar-refractivity contribution < 1.29 is 22.7 Å². The number of rotatable bonds is 3. The molecule has 0 aliphatic carbocycles. The third-order valence-electron chi connectivity index (χ3n) is 2.56. The van der Waals surface area contributed by atoms with Crippen molar-refractivity contribution in [2.24, 2.45) is 0 Å². The highest BCUT2D eigenvalue weighted by Crippen LogP contribution is 2.41. The van der Waals surface area contributed by atoms with Crippen LogP contribution in [0.5, 0.6) is 0 Å². The highest BCUT2D eigenvalue weighted by molar-refractivity contribution is 7.99. The molecule has 1 heterocycles. The molecule has 0 aliphatic heterocycles. The summed E-state index contributed by atoms with van der Waals surface area (Å²) in [6.45, 7) is 1.27. The Bertz CT molecular complexity index is 576. The van der Waals surface area contributed by atoms with Gasteiger partial charge < -0.3 is 9.52 Å². The lowest BCUT2D eigenvalue weighted by atomic mass is 10.1. The lowest BCUT2D eigenvalue weighted by molar-refractivity contribution is -0.139. The van der Waals surface area contributed by atoms with Gasteiger partial charge in [-0.2, -0.15) is 13.2 Å². The highest BCUT2D eigenvalue weighted by Gasteiger charge is 2.34. The predicted octanol–water partition coefficient (Wildman–Crippen LogP) is 4.25. The third kappa shape index (κ3) is 3.13. The van der Waals surface area contributed by atoms with Gasteiger partial charge in [0, 0.05) is 4.90 Å². The van der Waals surface area contributed by atoms with Crippen molar-refractivity contribution in [3.63, 3.8) is 0 Å². The Kier molecular flexibility index (Phi) is 3.91. The molecule has 19 heavy (non-hydrogen) atoms. The van der Waals surface area contributed by atoms with E-state index < -0.39 is 18.3 Å². The monoisotopic (exact) mass is 288 g/mol. The molecule has 6 heteroatoms. The molecule has 102 valence electrons. The molecule has 2 rings (SSSR count). The molecule has 0 unspecified atom stereocenters. The summed E-state index contributed by atoms with van der Waals surface area (Å²) in [4.78, 5) is 0.733. The van der Waals surface area contributed by atoms with Gasteiger partial charge in [0.2, 0.25) is 0 Å². The van der Waals surface area contributed by atoms with Crippen molar-refractivity contribution in [3.8, 4) is 0 Å². The third-order valence-corrected chi connectivity index (χ3v) is 3.78. The summed E-state index contributed by atoms with van der Waals surface area (Å²) < 4.78 is 44.0. The maximum atomic E-state index is 13.0. The molecule has 0 bridgehead atoms. The van der Waals surface area contributed by atoms with E-state index in [0.717, 1.165) is 17.8 Å². The van der Waals surface area contributed by atoms with Crippen LogP contribution < -0.4 is 0 Å². The summed E-state index contributed by atoms with van der Waals surface area (Å²) in [5.74, 6) is 0.573. The summed E-state index contributed by atoms with van der Waals surface area (Å²) in [6, 6.07) is 5.44. The van der Waals surface area contributed by atoms with E-state index in [-0.39, 0.29) is 10.5 Å². The molecule has 2 nitrogen and oxygen atoms in total. The van der Waals surface area contributed by atoms with E-state index in [9.17, 15) is 13.2 Å². The van der Waals surface area contributed by atoms with Crippen molar-refractivity contribution >= 4 is 11.8 Å². The molecule has 2 aromatic rings. The average molecular weight is 288 g/mol. The number of hydrogen-bond donors (Lipinski definition) is 1. The number of aliphatic hydroxyl groups excluding tert-OH is 1. The summed E-state index contributed by atoms with van der Waals surface area (Å²) in [5, 5.41) is 8.93. The number of alkyl halides is 3. The van der Waals surface area contributed by atoms with Gasteiger partial charge in [-0.05, 0) is 30.7 Å². The topological polar surface area (TPSA) is 33.4 Å². The number of aryl methyl sites for hydroxylation is 1. The van der Waals surface area contributed by atoms with Crippen molar-refractivity contribution in [3.05, 3.63) is 47.4 Å². The Balaban J connectivity index is 2.42. The van der Waals surface area contributed by atoms with Crippen LogP contribution in [0.15, 0.2) is 44.7 Å². The van der Waals surface area contributed by atoms with Crippen molar-refractivity contribution in [1.29, 1.82) is 0 Å². The van der Waals surface area contributed by atoms with Crippen LogP contribution in [0.1, 0.15) is 16.9 Å². The first kappa shape index (κ1) is 14.0. The number of halogens is 3. The Hall–Kier alpha value is -1.40. The van der Waals surface area contributed by atoms with E-state index in [4.69, 9.17) is 9.52 Å². The molecule has 0 saturated heterocycles. The predicted molar refractivity (Wildman–Crippen MR) is 64.9 cm³/mol. The summed E-state index contributed by atoms with van der Waals surface area (Å²) in [7, 11) is 0. The fourth-order valence-electron chi connectivity index (χ4n) is 1.58. The summed E-state index contributed by atoms with van der Waals surface area (Å²) >= 11 is 0.998. The van der Waals surface area contributed by atoms with Crippen LogP contribution >= 0.6 is 11.8 Å². The molecule has 0 fully saturated rings. The Morgan fingerprint density at radius 1 is 1.21 bits per heavy atom. The average Bonchev–Trinajstić information content (AvgIpc) is 2.74. The maximum Gasteiger partial charge on any atom is 0.417 e. The molecule has 1 aromatic carbocycles. The lowest BCUT2D eigenvalue weighted by Gasteiger charge is -2.13. The van der Waals surface area contributed by atoms with Gasteiger partial charge in [-0.25, -0.2) is 0 Å². The first-order chi connectivity index (χ1) is 8.91. The minimum absolute atomic E-state index is 0.0919. The SMILES string of the molecule is Cc1occc1Sc1ccc(CO)cc1C(F)(F)F. The van der Waals surface area contributed by atoms with Gasteiger partial charge in [-0.3, -0.25) is 0 Å². The minimum atomic E-state index is -4.45. The normalized spacial score (nSPS) is 11.8. The second-order valence-electron chi connectivity index (χ2n) is 3.93. The van der Waals surface area contributed by atoms with Crippen LogP contribution in [-0.2, 0) is 12.8 Å².